The largest absolute Gasteiger partial charge is 0.492 e. The number of nitrogens with zero attached hydrogens (tertiary/aromatic N) is 1. The molecule has 104 valence electrons. The molecule has 1 aromatic carbocycles. The zero-order valence-corrected chi connectivity index (χ0v) is 12.2. The first-order chi connectivity index (χ1) is 9.18. The maximum atomic E-state index is 11.9. The van der Waals surface area contributed by atoms with Crippen molar-refractivity contribution in [1.29, 1.82) is 0 Å². The number of ketones is 1. The molecule has 5 heteroatoms. The van der Waals surface area contributed by atoms with E-state index in [2.05, 4.69) is 4.90 Å². The number of carbonyl (C=O) groups excluding carboxylic acids is 1. The second kappa shape index (κ2) is 6.93. The van der Waals surface area contributed by atoms with Crippen LogP contribution >= 0.6 is 12.0 Å². The van der Waals surface area contributed by atoms with Gasteiger partial charge in [-0.05, 0) is 39.2 Å². The summed E-state index contributed by atoms with van der Waals surface area (Å²) < 4.78 is 11.1. The molecule has 0 spiro atoms. The molecule has 0 bridgehead atoms. The van der Waals surface area contributed by atoms with Crippen LogP contribution in [0.4, 0.5) is 0 Å². The first kappa shape index (κ1) is 14.4. The van der Waals surface area contributed by atoms with Gasteiger partial charge >= 0.3 is 0 Å². The predicted molar refractivity (Wildman–Crippen MR) is 75.9 cm³/mol. The average molecular weight is 281 g/mol. The summed E-state index contributed by atoms with van der Waals surface area (Å²) in [5.41, 5.74) is 0.673. The van der Waals surface area contributed by atoms with Gasteiger partial charge in [0.15, 0.2) is 5.78 Å². The van der Waals surface area contributed by atoms with Crippen LogP contribution in [0.15, 0.2) is 23.1 Å². The van der Waals surface area contributed by atoms with E-state index in [-0.39, 0.29) is 5.78 Å². The normalized spacial score (nSPS) is 14.4. The minimum Gasteiger partial charge on any atom is -0.492 e. The summed E-state index contributed by atoms with van der Waals surface area (Å²) in [5, 5.41) is 0. The molecule has 0 atom stereocenters. The first-order valence-electron chi connectivity index (χ1n) is 6.41. The van der Waals surface area contributed by atoms with E-state index in [1.165, 1.54) is 12.0 Å². The Kier molecular flexibility index (Phi) is 5.24. The minimum atomic E-state index is 0.140. The van der Waals surface area contributed by atoms with Crippen LogP contribution in [0.2, 0.25) is 0 Å². The van der Waals surface area contributed by atoms with E-state index >= 15 is 0 Å². The zero-order chi connectivity index (χ0) is 13.7. The highest BCUT2D eigenvalue weighted by Gasteiger charge is 2.22. The summed E-state index contributed by atoms with van der Waals surface area (Å²) in [6.07, 6.45) is 1.42. The van der Waals surface area contributed by atoms with Crippen molar-refractivity contribution >= 4 is 17.8 Å². The van der Waals surface area contributed by atoms with E-state index < -0.39 is 0 Å². The third-order valence-electron chi connectivity index (χ3n) is 2.84. The van der Waals surface area contributed by atoms with Gasteiger partial charge in [0.1, 0.15) is 5.75 Å². The monoisotopic (exact) mass is 281 g/mol. The van der Waals surface area contributed by atoms with Crippen LogP contribution in [-0.4, -0.2) is 44.5 Å². The van der Waals surface area contributed by atoms with Crippen LogP contribution in [0, 0.1) is 0 Å². The molecular weight excluding hydrogens is 262 g/mol. The van der Waals surface area contributed by atoms with Gasteiger partial charge in [0.2, 0.25) is 0 Å². The Morgan fingerprint density at radius 1 is 1.42 bits per heavy atom. The highest BCUT2D eigenvalue weighted by molar-refractivity contribution is 7.94. The van der Waals surface area contributed by atoms with Crippen LogP contribution < -0.4 is 4.74 Å². The zero-order valence-electron chi connectivity index (χ0n) is 11.3. The van der Waals surface area contributed by atoms with Crippen molar-refractivity contribution < 1.29 is 13.7 Å². The Balaban J connectivity index is 1.92. The van der Waals surface area contributed by atoms with Crippen molar-refractivity contribution in [3.63, 3.8) is 0 Å². The Labute approximate surface area is 118 Å². The number of rotatable bonds is 6. The van der Waals surface area contributed by atoms with Crippen LogP contribution in [0.3, 0.4) is 0 Å². The molecule has 1 aromatic rings. The van der Waals surface area contributed by atoms with Crippen molar-refractivity contribution in [2.75, 3.05) is 33.9 Å². The van der Waals surface area contributed by atoms with Crippen molar-refractivity contribution in [3.05, 3.63) is 23.8 Å². The van der Waals surface area contributed by atoms with E-state index in [4.69, 9.17) is 8.92 Å². The van der Waals surface area contributed by atoms with E-state index in [1.807, 2.05) is 32.3 Å². The third kappa shape index (κ3) is 3.96. The number of hydrogen-bond acceptors (Lipinski definition) is 5. The molecule has 4 nitrogen and oxygen atoms in total. The third-order valence-corrected chi connectivity index (χ3v) is 3.64. The number of benzene rings is 1. The lowest BCUT2D eigenvalue weighted by Crippen LogP contribution is -2.16. The fraction of sp³-hybridized carbons (Fsp3) is 0.500. The standard InChI is InChI=1S/C14H19NO3S/c1-15(2)8-4-9-18-19-13-6-3-5-12-14(13)11(16)7-10-17-12/h3,5-6H,4,7-10H2,1-2H3. The summed E-state index contributed by atoms with van der Waals surface area (Å²) >= 11 is 1.27. The van der Waals surface area contributed by atoms with Crippen molar-refractivity contribution in [2.24, 2.45) is 0 Å². The SMILES string of the molecule is CN(C)CCCOSc1cccc2c1C(=O)CCO2. The Morgan fingerprint density at radius 2 is 2.26 bits per heavy atom. The van der Waals surface area contributed by atoms with Gasteiger partial charge in [-0.2, -0.15) is 0 Å². The molecule has 2 rings (SSSR count). The van der Waals surface area contributed by atoms with Crippen LogP contribution in [0.1, 0.15) is 23.2 Å². The van der Waals surface area contributed by atoms with E-state index in [1.54, 1.807) is 0 Å². The minimum absolute atomic E-state index is 0.140. The fourth-order valence-electron chi connectivity index (χ4n) is 1.90. The number of fused-ring (bicyclic) bond motifs is 1. The highest BCUT2D eigenvalue weighted by atomic mass is 32.2. The fourth-order valence-corrected chi connectivity index (χ4v) is 2.66. The predicted octanol–water partition coefficient (Wildman–Crippen LogP) is 2.63. The molecule has 1 heterocycles. The Morgan fingerprint density at radius 3 is 3.05 bits per heavy atom. The van der Waals surface area contributed by atoms with Gasteiger partial charge in [-0.3, -0.25) is 4.79 Å². The van der Waals surface area contributed by atoms with E-state index in [0.29, 0.717) is 30.9 Å². The molecule has 0 N–H and O–H groups in total. The second-order valence-corrected chi connectivity index (χ2v) is 5.56. The maximum Gasteiger partial charge on any atom is 0.171 e. The summed E-state index contributed by atoms with van der Waals surface area (Å²) in [5.74, 6) is 0.819. The summed E-state index contributed by atoms with van der Waals surface area (Å²) in [4.78, 5) is 14.9. The van der Waals surface area contributed by atoms with Gasteiger partial charge < -0.3 is 13.8 Å². The Hall–Kier alpha value is -1.04. The molecule has 19 heavy (non-hydrogen) atoms. The lowest BCUT2D eigenvalue weighted by molar-refractivity contribution is 0.0929. The molecular formula is C14H19NO3S. The molecule has 1 aliphatic heterocycles. The van der Waals surface area contributed by atoms with Gasteiger partial charge in [0, 0.05) is 23.4 Å². The van der Waals surface area contributed by atoms with Gasteiger partial charge in [0.05, 0.1) is 18.8 Å². The van der Waals surface area contributed by atoms with Crippen LogP contribution in [-0.2, 0) is 4.18 Å². The molecule has 0 fully saturated rings. The summed E-state index contributed by atoms with van der Waals surface area (Å²) in [7, 11) is 4.08. The lowest BCUT2D eigenvalue weighted by Gasteiger charge is -2.18. The molecule has 1 aliphatic rings. The molecule has 0 saturated heterocycles. The molecule has 0 unspecified atom stereocenters. The van der Waals surface area contributed by atoms with Crippen LogP contribution in [0.25, 0.3) is 0 Å². The molecule has 0 aliphatic carbocycles. The van der Waals surface area contributed by atoms with Crippen molar-refractivity contribution in [1.82, 2.24) is 4.90 Å². The topological polar surface area (TPSA) is 38.8 Å². The highest BCUT2D eigenvalue weighted by Crippen LogP contribution is 2.34. The smallest absolute Gasteiger partial charge is 0.171 e. The van der Waals surface area contributed by atoms with Crippen molar-refractivity contribution in [3.8, 4) is 5.75 Å². The molecule has 0 aromatic heterocycles. The quantitative estimate of drug-likeness (QED) is 0.592. The van der Waals surface area contributed by atoms with Gasteiger partial charge in [-0.1, -0.05) is 6.07 Å². The first-order valence-corrected chi connectivity index (χ1v) is 7.16. The van der Waals surface area contributed by atoms with Gasteiger partial charge in [0.25, 0.3) is 0 Å². The van der Waals surface area contributed by atoms with Crippen LogP contribution in [0.5, 0.6) is 5.75 Å². The number of carbonyl (C=O) groups is 1. The van der Waals surface area contributed by atoms with E-state index in [9.17, 15) is 4.79 Å². The van der Waals surface area contributed by atoms with Gasteiger partial charge in [-0.25, -0.2) is 0 Å². The second-order valence-electron chi connectivity index (χ2n) is 4.71. The number of Topliss-reactive ketones (excluding diaryl/α,β-unsaturated/α-hetero) is 1. The molecule has 0 saturated carbocycles. The van der Waals surface area contributed by atoms with Crippen molar-refractivity contribution in [2.45, 2.75) is 17.7 Å². The Bertz CT molecular complexity index is 448. The molecule has 0 amide bonds. The maximum absolute atomic E-state index is 11.9. The number of ether oxygens (including phenoxy) is 1. The van der Waals surface area contributed by atoms with Gasteiger partial charge in [-0.15, -0.1) is 0 Å². The molecule has 0 radical (unpaired) electrons. The number of hydrogen-bond donors (Lipinski definition) is 0. The summed E-state index contributed by atoms with van der Waals surface area (Å²) in [6, 6.07) is 5.63. The summed E-state index contributed by atoms with van der Waals surface area (Å²) in [6.45, 7) is 2.14. The average Bonchev–Trinajstić information content (AvgIpc) is 2.38. The lowest BCUT2D eigenvalue weighted by atomic mass is 10.1. The van der Waals surface area contributed by atoms with E-state index in [0.717, 1.165) is 17.9 Å².